The van der Waals surface area contributed by atoms with Gasteiger partial charge >= 0.3 is 0 Å². The summed E-state index contributed by atoms with van der Waals surface area (Å²) in [6.45, 7) is 3.27. The van der Waals surface area contributed by atoms with Crippen LogP contribution in [0.2, 0.25) is 5.02 Å². The Morgan fingerprint density at radius 2 is 2.00 bits per heavy atom. The van der Waals surface area contributed by atoms with E-state index >= 15 is 0 Å². The Morgan fingerprint density at radius 3 is 2.74 bits per heavy atom. The van der Waals surface area contributed by atoms with Gasteiger partial charge in [-0.05, 0) is 49.1 Å². The van der Waals surface area contributed by atoms with Crippen LogP contribution in [0.4, 0.5) is 10.2 Å². The van der Waals surface area contributed by atoms with Crippen molar-refractivity contribution < 1.29 is 9.18 Å². The number of hydrogen-bond donors (Lipinski definition) is 1. The van der Waals surface area contributed by atoms with Crippen LogP contribution in [0, 0.1) is 11.7 Å². The maximum atomic E-state index is 14.8. The van der Waals surface area contributed by atoms with Crippen LogP contribution < -0.4 is 5.32 Å². The highest BCUT2D eigenvalue weighted by Crippen LogP contribution is 2.29. The molecule has 3 aromatic rings. The van der Waals surface area contributed by atoms with Crippen LogP contribution in [0.3, 0.4) is 0 Å². The summed E-state index contributed by atoms with van der Waals surface area (Å²) < 4.78 is 14.8. The molecular formula is C23H23ClFN5O. The average molecular weight is 440 g/mol. The lowest BCUT2D eigenvalue weighted by atomic mass is 9.89. The molecule has 0 aliphatic carbocycles. The van der Waals surface area contributed by atoms with Crippen molar-refractivity contribution in [3.63, 3.8) is 0 Å². The molecule has 6 nitrogen and oxygen atoms in total. The molecule has 1 fully saturated rings. The third-order valence-corrected chi connectivity index (χ3v) is 5.85. The second-order valence-corrected chi connectivity index (χ2v) is 8.10. The number of rotatable bonds is 5. The SMILES string of the molecule is CC1CCCN(C(=O)c2cccc(F)c2-c2ncccn2)C1CNc1ccc(Cl)cn1. The highest BCUT2D eigenvalue weighted by molar-refractivity contribution is 6.30. The van der Waals surface area contributed by atoms with Gasteiger partial charge in [-0.25, -0.2) is 19.3 Å². The molecule has 1 aliphatic rings. The molecule has 1 aromatic carbocycles. The van der Waals surface area contributed by atoms with Gasteiger partial charge < -0.3 is 10.2 Å². The van der Waals surface area contributed by atoms with E-state index in [9.17, 15) is 9.18 Å². The molecule has 1 aliphatic heterocycles. The number of carbonyl (C=O) groups is 1. The van der Waals surface area contributed by atoms with E-state index in [4.69, 9.17) is 11.6 Å². The monoisotopic (exact) mass is 439 g/mol. The maximum absolute atomic E-state index is 14.8. The fraction of sp³-hybridized carbons (Fsp3) is 0.304. The van der Waals surface area contributed by atoms with Crippen LogP contribution >= 0.6 is 11.6 Å². The Morgan fingerprint density at radius 1 is 1.19 bits per heavy atom. The summed E-state index contributed by atoms with van der Waals surface area (Å²) in [7, 11) is 0. The van der Waals surface area contributed by atoms with Gasteiger partial charge in [0.15, 0.2) is 5.82 Å². The molecular weight excluding hydrogens is 417 g/mol. The molecule has 8 heteroatoms. The number of nitrogens with zero attached hydrogens (tertiary/aromatic N) is 4. The largest absolute Gasteiger partial charge is 0.368 e. The minimum absolute atomic E-state index is 0.0634. The number of hydrogen-bond acceptors (Lipinski definition) is 5. The zero-order valence-electron chi connectivity index (χ0n) is 17.1. The van der Waals surface area contributed by atoms with Crippen LogP contribution in [-0.4, -0.2) is 44.9 Å². The van der Waals surface area contributed by atoms with Crippen LogP contribution in [0.15, 0.2) is 55.0 Å². The van der Waals surface area contributed by atoms with Crippen molar-refractivity contribution in [1.29, 1.82) is 0 Å². The second kappa shape index (κ2) is 9.39. The molecule has 1 saturated heterocycles. The third kappa shape index (κ3) is 4.66. The lowest BCUT2D eigenvalue weighted by Gasteiger charge is -2.40. The van der Waals surface area contributed by atoms with Crippen LogP contribution in [0.5, 0.6) is 0 Å². The van der Waals surface area contributed by atoms with Crippen LogP contribution in [0.1, 0.15) is 30.1 Å². The van der Waals surface area contributed by atoms with Gasteiger partial charge in [-0.1, -0.05) is 24.6 Å². The van der Waals surface area contributed by atoms with E-state index in [0.717, 1.165) is 12.8 Å². The van der Waals surface area contributed by atoms with Gasteiger partial charge in [0.2, 0.25) is 0 Å². The molecule has 4 rings (SSSR count). The first-order chi connectivity index (χ1) is 15.0. The summed E-state index contributed by atoms with van der Waals surface area (Å²) in [6, 6.07) is 9.68. The van der Waals surface area contributed by atoms with E-state index in [-0.39, 0.29) is 34.8 Å². The second-order valence-electron chi connectivity index (χ2n) is 7.66. The number of nitrogens with one attached hydrogen (secondary N) is 1. The molecule has 1 amide bonds. The quantitative estimate of drug-likeness (QED) is 0.624. The Bertz CT molecular complexity index is 1050. The van der Waals surface area contributed by atoms with Crippen molar-refractivity contribution in [3.8, 4) is 11.4 Å². The number of benzene rings is 1. The fourth-order valence-electron chi connectivity index (χ4n) is 4.01. The molecule has 160 valence electrons. The van der Waals surface area contributed by atoms with E-state index in [0.29, 0.717) is 23.9 Å². The normalized spacial score (nSPS) is 18.6. The third-order valence-electron chi connectivity index (χ3n) is 5.63. The van der Waals surface area contributed by atoms with Gasteiger partial charge in [-0.3, -0.25) is 4.79 Å². The van der Waals surface area contributed by atoms with Gasteiger partial charge in [0.1, 0.15) is 11.6 Å². The zero-order chi connectivity index (χ0) is 21.8. The van der Waals surface area contributed by atoms with Gasteiger partial charge in [0.25, 0.3) is 5.91 Å². The Hall–Kier alpha value is -3.06. The summed E-state index contributed by atoms with van der Waals surface area (Å²) in [5, 5.41) is 3.87. The Kier molecular flexibility index (Phi) is 6.42. The van der Waals surface area contributed by atoms with Crippen molar-refractivity contribution in [2.45, 2.75) is 25.8 Å². The summed E-state index contributed by atoms with van der Waals surface area (Å²) in [5.74, 6) is 0.446. The Balaban J connectivity index is 1.62. The van der Waals surface area contributed by atoms with Crippen molar-refractivity contribution in [2.75, 3.05) is 18.4 Å². The molecule has 0 saturated carbocycles. The molecule has 2 unspecified atom stereocenters. The summed E-state index contributed by atoms with van der Waals surface area (Å²) in [6.07, 6.45) is 6.57. The molecule has 2 aromatic heterocycles. The average Bonchev–Trinajstić information content (AvgIpc) is 2.79. The maximum Gasteiger partial charge on any atom is 0.255 e. The number of amides is 1. The number of piperidine rings is 1. The van der Waals surface area contributed by atoms with Crippen LogP contribution in [0.25, 0.3) is 11.4 Å². The number of pyridine rings is 1. The molecule has 1 N–H and O–H groups in total. The van der Waals surface area contributed by atoms with E-state index in [1.807, 2.05) is 4.90 Å². The molecule has 3 heterocycles. The first-order valence-corrected chi connectivity index (χ1v) is 10.6. The number of carbonyl (C=O) groups excluding carboxylic acids is 1. The minimum Gasteiger partial charge on any atom is -0.368 e. The highest BCUT2D eigenvalue weighted by atomic mass is 35.5. The first kappa shape index (κ1) is 21.2. The predicted octanol–water partition coefficient (Wildman–Crippen LogP) is 4.68. The van der Waals surface area contributed by atoms with Gasteiger partial charge in [0.05, 0.1) is 22.2 Å². The fourth-order valence-corrected chi connectivity index (χ4v) is 4.13. The van der Waals surface area contributed by atoms with E-state index in [1.54, 1.807) is 36.5 Å². The highest BCUT2D eigenvalue weighted by Gasteiger charge is 2.34. The molecule has 31 heavy (non-hydrogen) atoms. The number of likely N-dealkylation sites (tertiary alicyclic amines) is 1. The van der Waals surface area contributed by atoms with Crippen molar-refractivity contribution in [1.82, 2.24) is 19.9 Å². The standard InChI is InChI=1S/C23H23ClFN5O/c1-15-5-3-12-30(19(15)14-29-20-9-8-16(24)13-28-20)23(31)17-6-2-7-18(25)21(17)22-26-10-4-11-27-22/h2,4,6-11,13,15,19H,3,5,12,14H2,1H3,(H,28,29). The van der Waals surface area contributed by atoms with E-state index in [2.05, 4.69) is 27.2 Å². The van der Waals surface area contributed by atoms with Gasteiger partial charge in [0, 0.05) is 31.7 Å². The van der Waals surface area contributed by atoms with Crippen molar-refractivity contribution in [2.24, 2.45) is 5.92 Å². The summed E-state index contributed by atoms with van der Waals surface area (Å²) in [5.41, 5.74) is 0.410. The zero-order valence-corrected chi connectivity index (χ0v) is 17.9. The van der Waals surface area contributed by atoms with Gasteiger partial charge in [-0.2, -0.15) is 0 Å². The van der Waals surface area contributed by atoms with Gasteiger partial charge in [-0.15, -0.1) is 0 Å². The molecule has 0 radical (unpaired) electrons. The number of anilines is 1. The number of aromatic nitrogens is 3. The lowest BCUT2D eigenvalue weighted by Crippen LogP contribution is -2.51. The molecule has 0 spiro atoms. The minimum atomic E-state index is -0.512. The van der Waals surface area contributed by atoms with Crippen molar-refractivity contribution in [3.05, 3.63) is 71.4 Å². The van der Waals surface area contributed by atoms with Crippen molar-refractivity contribution >= 4 is 23.3 Å². The molecule has 2 atom stereocenters. The smallest absolute Gasteiger partial charge is 0.255 e. The van der Waals surface area contributed by atoms with E-state index < -0.39 is 5.82 Å². The summed E-state index contributed by atoms with van der Waals surface area (Å²) >= 11 is 5.91. The van der Waals surface area contributed by atoms with E-state index in [1.165, 1.54) is 18.5 Å². The topological polar surface area (TPSA) is 71.0 Å². The summed E-state index contributed by atoms with van der Waals surface area (Å²) in [4.78, 5) is 28.0. The number of halogens is 2. The first-order valence-electron chi connectivity index (χ1n) is 10.3. The lowest BCUT2D eigenvalue weighted by molar-refractivity contribution is 0.0540. The predicted molar refractivity (Wildman–Crippen MR) is 118 cm³/mol. The Labute approximate surface area is 185 Å². The molecule has 0 bridgehead atoms. The van der Waals surface area contributed by atoms with Crippen LogP contribution in [-0.2, 0) is 0 Å².